The summed E-state index contributed by atoms with van der Waals surface area (Å²) in [6, 6.07) is 8.92. The van der Waals surface area contributed by atoms with Gasteiger partial charge in [0, 0.05) is 5.57 Å². The first-order chi connectivity index (χ1) is 7.61. The summed E-state index contributed by atoms with van der Waals surface area (Å²) >= 11 is 0. The normalized spacial score (nSPS) is 8.69. The van der Waals surface area contributed by atoms with E-state index < -0.39 is 0 Å². The lowest BCUT2D eigenvalue weighted by molar-refractivity contribution is -0.130. The highest BCUT2D eigenvalue weighted by atomic mass is 16.5. The van der Waals surface area contributed by atoms with E-state index in [1.54, 1.807) is 31.2 Å². The minimum Gasteiger partial charge on any atom is -0.423 e. The van der Waals surface area contributed by atoms with E-state index in [2.05, 4.69) is 6.58 Å². The predicted molar refractivity (Wildman–Crippen MR) is 61.1 cm³/mol. The van der Waals surface area contributed by atoms with Crippen LogP contribution in [0.3, 0.4) is 0 Å². The Morgan fingerprint density at radius 2 is 1.75 bits per heavy atom. The van der Waals surface area contributed by atoms with Crippen molar-refractivity contribution in [3.05, 3.63) is 42.5 Å². The molecule has 1 aromatic carbocycles. The van der Waals surface area contributed by atoms with Gasteiger partial charge < -0.3 is 14.9 Å². The monoisotopic (exact) mass is 224 g/mol. The molecule has 0 aliphatic rings. The second kappa shape index (κ2) is 8.64. The van der Waals surface area contributed by atoms with E-state index in [-0.39, 0.29) is 19.2 Å². The highest BCUT2D eigenvalue weighted by molar-refractivity contribution is 5.88. The molecule has 0 heterocycles. The number of carbonyl (C=O) groups is 1. The van der Waals surface area contributed by atoms with Crippen LogP contribution >= 0.6 is 0 Å². The fourth-order valence-electron chi connectivity index (χ4n) is 0.683. The number of aliphatic hydroxyl groups excluding tert-OH is 2. The molecule has 2 N–H and O–H groups in total. The van der Waals surface area contributed by atoms with E-state index in [0.29, 0.717) is 11.3 Å². The maximum Gasteiger partial charge on any atom is 0.338 e. The Morgan fingerprint density at radius 1 is 1.25 bits per heavy atom. The number of hydrogen-bond acceptors (Lipinski definition) is 4. The molecule has 0 atom stereocenters. The van der Waals surface area contributed by atoms with Crippen LogP contribution in [0.15, 0.2) is 42.5 Å². The average Bonchev–Trinajstić information content (AvgIpc) is 2.30. The van der Waals surface area contributed by atoms with Crippen molar-refractivity contribution in [2.24, 2.45) is 0 Å². The molecule has 0 fully saturated rings. The standard InChI is InChI=1S/C10H10O2.C2H6O2/c1-8(2)10(11)12-9-6-4-3-5-7-9;3-1-2-4/h3-7H,1H2,2H3;3-4H,1-2H2. The van der Waals surface area contributed by atoms with E-state index in [1.165, 1.54) is 0 Å². The maximum absolute atomic E-state index is 11.0. The summed E-state index contributed by atoms with van der Waals surface area (Å²) in [6.45, 7) is 4.84. The zero-order chi connectivity index (χ0) is 12.4. The Balaban J connectivity index is 0.000000487. The van der Waals surface area contributed by atoms with Crippen LogP contribution in [0.4, 0.5) is 0 Å². The quantitative estimate of drug-likeness (QED) is 0.459. The van der Waals surface area contributed by atoms with Crippen LogP contribution in [-0.2, 0) is 4.79 Å². The molecule has 0 bridgehead atoms. The second-order valence-corrected chi connectivity index (χ2v) is 2.93. The summed E-state index contributed by atoms with van der Waals surface area (Å²) in [6.07, 6.45) is 0. The molecule has 0 aliphatic carbocycles. The Morgan fingerprint density at radius 3 is 2.12 bits per heavy atom. The molecule has 4 heteroatoms. The third-order valence-electron chi connectivity index (χ3n) is 1.40. The summed E-state index contributed by atoms with van der Waals surface area (Å²) in [4.78, 5) is 11.0. The van der Waals surface area contributed by atoms with Gasteiger partial charge in [-0.1, -0.05) is 24.8 Å². The average molecular weight is 224 g/mol. The van der Waals surface area contributed by atoms with Crippen LogP contribution in [0.5, 0.6) is 5.75 Å². The molecule has 0 saturated heterocycles. The molecular formula is C12H16O4. The summed E-state index contributed by atoms with van der Waals surface area (Å²) < 4.78 is 4.94. The minimum absolute atomic E-state index is 0.125. The lowest BCUT2D eigenvalue weighted by Gasteiger charge is -2.01. The zero-order valence-electron chi connectivity index (χ0n) is 9.22. The van der Waals surface area contributed by atoms with Crippen LogP contribution in [0.25, 0.3) is 0 Å². The number of benzene rings is 1. The summed E-state index contributed by atoms with van der Waals surface area (Å²) in [5.74, 6) is 0.159. The van der Waals surface area contributed by atoms with E-state index in [9.17, 15) is 4.79 Å². The summed E-state index contributed by atoms with van der Waals surface area (Å²) in [5, 5.41) is 15.2. The van der Waals surface area contributed by atoms with E-state index >= 15 is 0 Å². The molecule has 0 aliphatic heterocycles. The Hall–Kier alpha value is -1.65. The number of aliphatic hydroxyl groups is 2. The summed E-state index contributed by atoms with van der Waals surface area (Å²) in [5.41, 5.74) is 0.402. The maximum atomic E-state index is 11.0. The van der Waals surface area contributed by atoms with Gasteiger partial charge in [-0.15, -0.1) is 0 Å². The molecule has 0 amide bonds. The minimum atomic E-state index is -0.388. The van der Waals surface area contributed by atoms with Crippen molar-refractivity contribution >= 4 is 5.97 Å². The van der Waals surface area contributed by atoms with Gasteiger partial charge >= 0.3 is 5.97 Å². The van der Waals surface area contributed by atoms with Gasteiger partial charge in [0.1, 0.15) is 5.75 Å². The van der Waals surface area contributed by atoms with E-state index in [0.717, 1.165) is 0 Å². The fraction of sp³-hybridized carbons (Fsp3) is 0.250. The number of carbonyl (C=O) groups excluding carboxylic acids is 1. The van der Waals surface area contributed by atoms with E-state index in [4.69, 9.17) is 14.9 Å². The molecule has 0 radical (unpaired) electrons. The SMILES string of the molecule is C=C(C)C(=O)Oc1ccccc1.OCCO. The van der Waals surface area contributed by atoms with Gasteiger partial charge in [-0.05, 0) is 19.1 Å². The number of ether oxygens (including phenoxy) is 1. The third-order valence-corrected chi connectivity index (χ3v) is 1.40. The largest absolute Gasteiger partial charge is 0.423 e. The molecule has 1 aromatic rings. The van der Waals surface area contributed by atoms with Gasteiger partial charge in [-0.2, -0.15) is 0 Å². The summed E-state index contributed by atoms with van der Waals surface area (Å²) in [7, 11) is 0. The molecule has 0 aromatic heterocycles. The molecule has 88 valence electrons. The van der Waals surface area contributed by atoms with Gasteiger partial charge in [0.05, 0.1) is 13.2 Å². The topological polar surface area (TPSA) is 66.8 Å². The number of esters is 1. The van der Waals surface area contributed by atoms with Crippen molar-refractivity contribution in [2.45, 2.75) is 6.92 Å². The van der Waals surface area contributed by atoms with Gasteiger partial charge in [0.15, 0.2) is 0 Å². The fourth-order valence-corrected chi connectivity index (χ4v) is 0.683. The van der Waals surface area contributed by atoms with Crippen molar-refractivity contribution in [1.82, 2.24) is 0 Å². The van der Waals surface area contributed by atoms with Crippen LogP contribution in [0.2, 0.25) is 0 Å². The molecule has 0 spiro atoms. The third kappa shape index (κ3) is 6.75. The van der Waals surface area contributed by atoms with Crippen LogP contribution in [-0.4, -0.2) is 29.4 Å². The molecule has 4 nitrogen and oxygen atoms in total. The number of rotatable bonds is 3. The number of hydrogen-bond donors (Lipinski definition) is 2. The van der Waals surface area contributed by atoms with Crippen molar-refractivity contribution < 1.29 is 19.7 Å². The first-order valence-corrected chi connectivity index (χ1v) is 4.76. The van der Waals surface area contributed by atoms with Crippen molar-refractivity contribution in [3.8, 4) is 5.75 Å². The lowest BCUT2D eigenvalue weighted by atomic mass is 10.3. The molecular weight excluding hydrogens is 208 g/mol. The highest BCUT2D eigenvalue weighted by Gasteiger charge is 2.03. The number of para-hydroxylation sites is 1. The lowest BCUT2D eigenvalue weighted by Crippen LogP contribution is -2.07. The first kappa shape index (κ1) is 14.3. The van der Waals surface area contributed by atoms with Crippen molar-refractivity contribution in [3.63, 3.8) is 0 Å². The van der Waals surface area contributed by atoms with Crippen LogP contribution < -0.4 is 4.74 Å². The van der Waals surface area contributed by atoms with Gasteiger partial charge in [-0.3, -0.25) is 0 Å². The molecule has 1 rings (SSSR count). The predicted octanol–water partition coefficient (Wildman–Crippen LogP) is 1.14. The van der Waals surface area contributed by atoms with Crippen LogP contribution in [0, 0.1) is 0 Å². The molecule has 0 unspecified atom stereocenters. The first-order valence-electron chi connectivity index (χ1n) is 4.76. The van der Waals surface area contributed by atoms with Gasteiger partial charge in [0.25, 0.3) is 0 Å². The highest BCUT2D eigenvalue weighted by Crippen LogP contribution is 2.09. The molecule has 0 saturated carbocycles. The Kier molecular flexibility index (Phi) is 7.75. The Bertz CT molecular complexity index is 317. The zero-order valence-corrected chi connectivity index (χ0v) is 9.22. The van der Waals surface area contributed by atoms with Crippen molar-refractivity contribution in [2.75, 3.05) is 13.2 Å². The second-order valence-electron chi connectivity index (χ2n) is 2.93. The van der Waals surface area contributed by atoms with Gasteiger partial charge in [0.2, 0.25) is 0 Å². The smallest absolute Gasteiger partial charge is 0.338 e. The Labute approximate surface area is 94.8 Å². The molecule has 16 heavy (non-hydrogen) atoms. The van der Waals surface area contributed by atoms with Crippen LogP contribution in [0.1, 0.15) is 6.92 Å². The van der Waals surface area contributed by atoms with E-state index in [1.807, 2.05) is 6.07 Å². The van der Waals surface area contributed by atoms with Gasteiger partial charge in [-0.25, -0.2) is 4.79 Å². The van der Waals surface area contributed by atoms with Crippen molar-refractivity contribution in [1.29, 1.82) is 0 Å².